The van der Waals surface area contributed by atoms with Crippen LogP contribution in [0.2, 0.25) is 5.02 Å². The van der Waals surface area contributed by atoms with Crippen LogP contribution in [0.15, 0.2) is 36.8 Å². The van der Waals surface area contributed by atoms with E-state index in [0.29, 0.717) is 27.7 Å². The summed E-state index contributed by atoms with van der Waals surface area (Å²) in [6.45, 7) is 3.89. The number of hydrogen-bond acceptors (Lipinski definition) is 5. The first-order chi connectivity index (χ1) is 12.8. The Labute approximate surface area is 161 Å². The monoisotopic (exact) mass is 383 g/mol. The lowest BCUT2D eigenvalue weighted by Gasteiger charge is -2.26. The summed E-state index contributed by atoms with van der Waals surface area (Å²) in [6.07, 6.45) is 4.71. The Balaban J connectivity index is 1.68. The van der Waals surface area contributed by atoms with Crippen LogP contribution in [0.5, 0.6) is 5.88 Å². The molecule has 7 nitrogen and oxygen atoms in total. The number of pyridine rings is 2. The van der Waals surface area contributed by atoms with Crippen LogP contribution in [0.25, 0.3) is 11.0 Å². The number of aromatic nitrogens is 3. The van der Waals surface area contributed by atoms with Gasteiger partial charge in [-0.1, -0.05) is 11.6 Å². The molecule has 0 spiro atoms. The molecule has 8 heteroatoms. The smallest absolute Gasteiger partial charge is 0.253 e. The van der Waals surface area contributed by atoms with Crippen molar-refractivity contribution in [3.05, 3.63) is 52.9 Å². The molecule has 0 aromatic carbocycles. The van der Waals surface area contributed by atoms with Crippen LogP contribution in [0, 0.1) is 11.3 Å². The summed E-state index contributed by atoms with van der Waals surface area (Å²) in [5.41, 5.74) is 0.936. The summed E-state index contributed by atoms with van der Waals surface area (Å²) < 4.78 is 7.43. The number of carbonyl (C=O) groups is 1. The van der Waals surface area contributed by atoms with E-state index in [1.807, 2.05) is 31.5 Å². The quantitative estimate of drug-likeness (QED) is 0.730. The highest BCUT2D eigenvalue weighted by atomic mass is 35.5. The number of nitrogens with one attached hydrogen (secondary N) is 1. The van der Waals surface area contributed by atoms with Gasteiger partial charge in [-0.3, -0.25) is 4.79 Å². The van der Waals surface area contributed by atoms with Crippen molar-refractivity contribution in [2.45, 2.75) is 19.4 Å². The third-order valence-electron chi connectivity index (χ3n) is 3.93. The van der Waals surface area contributed by atoms with E-state index in [9.17, 15) is 4.79 Å². The molecule has 0 aliphatic carbocycles. The molecule has 27 heavy (non-hydrogen) atoms. The molecule has 0 atom stereocenters. The number of nitriles is 1. The highest BCUT2D eigenvalue weighted by Gasteiger charge is 2.23. The summed E-state index contributed by atoms with van der Waals surface area (Å²) in [5.74, 6) is 0.112. The van der Waals surface area contributed by atoms with Crippen molar-refractivity contribution in [1.29, 1.82) is 5.26 Å². The van der Waals surface area contributed by atoms with Gasteiger partial charge in [-0.25, -0.2) is 9.97 Å². The van der Waals surface area contributed by atoms with Crippen molar-refractivity contribution in [2.24, 2.45) is 7.05 Å². The van der Waals surface area contributed by atoms with Gasteiger partial charge in [0.25, 0.3) is 5.91 Å². The van der Waals surface area contributed by atoms with Gasteiger partial charge >= 0.3 is 0 Å². The Morgan fingerprint density at radius 3 is 2.81 bits per heavy atom. The third kappa shape index (κ3) is 4.18. The summed E-state index contributed by atoms with van der Waals surface area (Å²) in [5, 5.41) is 13.0. The molecule has 0 fully saturated rings. The van der Waals surface area contributed by atoms with Gasteiger partial charge in [0, 0.05) is 37.1 Å². The van der Waals surface area contributed by atoms with Crippen LogP contribution in [-0.4, -0.2) is 32.6 Å². The number of ether oxygens (including phenoxy) is 1. The van der Waals surface area contributed by atoms with Crippen LogP contribution in [-0.2, 0) is 7.05 Å². The number of aryl methyl sites for hydroxylation is 1. The average Bonchev–Trinajstić information content (AvgIpc) is 2.93. The molecular formula is C19H18ClN5O2. The van der Waals surface area contributed by atoms with Gasteiger partial charge in [-0.2, -0.15) is 5.26 Å². The van der Waals surface area contributed by atoms with Crippen molar-refractivity contribution in [3.63, 3.8) is 0 Å². The number of amides is 1. The minimum atomic E-state index is -0.651. The zero-order chi connectivity index (χ0) is 19.6. The van der Waals surface area contributed by atoms with Gasteiger partial charge in [0.05, 0.1) is 21.7 Å². The molecule has 0 saturated heterocycles. The molecule has 0 aliphatic heterocycles. The molecule has 3 aromatic rings. The van der Waals surface area contributed by atoms with Gasteiger partial charge in [-0.05, 0) is 26.0 Å². The maximum absolute atomic E-state index is 12.6. The summed E-state index contributed by atoms with van der Waals surface area (Å²) in [7, 11) is 1.85. The lowest BCUT2D eigenvalue weighted by atomic mass is 10.1. The van der Waals surface area contributed by atoms with Gasteiger partial charge in [0.2, 0.25) is 5.88 Å². The largest absolute Gasteiger partial charge is 0.475 e. The van der Waals surface area contributed by atoms with E-state index >= 15 is 0 Å². The Hall–Kier alpha value is -3.11. The summed E-state index contributed by atoms with van der Waals surface area (Å²) in [4.78, 5) is 21.0. The summed E-state index contributed by atoms with van der Waals surface area (Å²) in [6, 6.07) is 6.96. The van der Waals surface area contributed by atoms with Crippen molar-refractivity contribution < 1.29 is 9.53 Å². The molecule has 0 aliphatic rings. The third-order valence-corrected chi connectivity index (χ3v) is 4.23. The number of carbonyl (C=O) groups excluding carboxylic acids is 1. The highest BCUT2D eigenvalue weighted by molar-refractivity contribution is 6.35. The first kappa shape index (κ1) is 18.7. The molecule has 1 N–H and O–H groups in total. The lowest BCUT2D eigenvalue weighted by Crippen LogP contribution is -2.47. The molecule has 3 rings (SSSR count). The fraction of sp³-hybridized carbons (Fsp3) is 0.263. The van der Waals surface area contributed by atoms with Crippen LogP contribution in [0.3, 0.4) is 0 Å². The molecule has 3 aromatic heterocycles. The average molecular weight is 384 g/mol. The van der Waals surface area contributed by atoms with E-state index in [1.54, 1.807) is 24.4 Å². The Kier molecular flexibility index (Phi) is 5.02. The van der Waals surface area contributed by atoms with Crippen molar-refractivity contribution in [1.82, 2.24) is 19.9 Å². The predicted molar refractivity (Wildman–Crippen MR) is 102 cm³/mol. The molecule has 138 valence electrons. The zero-order valence-corrected chi connectivity index (χ0v) is 15.9. The second-order valence-corrected chi connectivity index (χ2v) is 7.21. The fourth-order valence-corrected chi connectivity index (χ4v) is 2.83. The van der Waals surface area contributed by atoms with Crippen LogP contribution in [0.1, 0.15) is 29.8 Å². The number of rotatable bonds is 5. The minimum Gasteiger partial charge on any atom is -0.475 e. The van der Waals surface area contributed by atoms with E-state index in [1.165, 1.54) is 12.4 Å². The van der Waals surface area contributed by atoms with Gasteiger partial charge in [0.15, 0.2) is 0 Å². The second kappa shape index (κ2) is 7.25. The molecular weight excluding hydrogens is 366 g/mol. The number of fused-ring (bicyclic) bond motifs is 1. The first-order valence-corrected chi connectivity index (χ1v) is 8.59. The van der Waals surface area contributed by atoms with E-state index < -0.39 is 5.54 Å². The Morgan fingerprint density at radius 2 is 2.15 bits per heavy atom. The zero-order valence-electron chi connectivity index (χ0n) is 15.2. The van der Waals surface area contributed by atoms with Gasteiger partial charge < -0.3 is 14.6 Å². The van der Waals surface area contributed by atoms with E-state index in [0.717, 1.165) is 5.39 Å². The van der Waals surface area contributed by atoms with Crippen LogP contribution in [0.4, 0.5) is 0 Å². The van der Waals surface area contributed by atoms with Crippen LogP contribution >= 0.6 is 11.6 Å². The normalized spacial score (nSPS) is 11.2. The topological polar surface area (TPSA) is 92.8 Å². The van der Waals surface area contributed by atoms with E-state index in [-0.39, 0.29) is 12.5 Å². The number of halogens is 1. The lowest BCUT2D eigenvalue weighted by molar-refractivity contribution is 0.0878. The second-order valence-electron chi connectivity index (χ2n) is 6.81. The standard InChI is InChI=1S/C19H18ClN5O2/c1-19(2,11-27-16-5-4-12(7-21)8-22-16)24-18(26)13-6-14-15(20)10-25(3)17(14)23-9-13/h4-6,8-10H,11H2,1-3H3,(H,24,26). The fourth-order valence-electron chi connectivity index (χ4n) is 2.54. The maximum Gasteiger partial charge on any atom is 0.253 e. The molecule has 0 bridgehead atoms. The molecule has 0 saturated carbocycles. The number of nitrogens with zero attached hydrogens (tertiary/aromatic N) is 4. The highest BCUT2D eigenvalue weighted by Crippen LogP contribution is 2.24. The van der Waals surface area contributed by atoms with E-state index in [4.69, 9.17) is 21.6 Å². The van der Waals surface area contributed by atoms with Crippen molar-refractivity contribution >= 4 is 28.5 Å². The van der Waals surface area contributed by atoms with Crippen LogP contribution < -0.4 is 10.1 Å². The minimum absolute atomic E-state index is 0.208. The number of hydrogen-bond donors (Lipinski definition) is 1. The molecule has 0 radical (unpaired) electrons. The summed E-state index contributed by atoms with van der Waals surface area (Å²) >= 11 is 6.19. The van der Waals surface area contributed by atoms with Crippen molar-refractivity contribution in [3.8, 4) is 11.9 Å². The van der Waals surface area contributed by atoms with Gasteiger partial charge in [-0.15, -0.1) is 0 Å². The SMILES string of the molecule is Cn1cc(Cl)c2cc(C(=O)NC(C)(C)COc3ccc(C#N)cn3)cnc21. The van der Waals surface area contributed by atoms with Crippen molar-refractivity contribution in [2.75, 3.05) is 6.61 Å². The molecule has 1 amide bonds. The first-order valence-electron chi connectivity index (χ1n) is 8.21. The molecule has 0 unspecified atom stereocenters. The Morgan fingerprint density at radius 1 is 1.37 bits per heavy atom. The van der Waals surface area contributed by atoms with Gasteiger partial charge in [0.1, 0.15) is 18.3 Å². The Bertz CT molecular complexity index is 1030. The van der Waals surface area contributed by atoms with E-state index in [2.05, 4.69) is 15.3 Å². The predicted octanol–water partition coefficient (Wildman–Crippen LogP) is 3.08. The molecule has 3 heterocycles. The maximum atomic E-state index is 12.6.